The van der Waals surface area contributed by atoms with Gasteiger partial charge in [-0.2, -0.15) is 0 Å². The molecule has 2 atom stereocenters. The topological polar surface area (TPSA) is 15.3 Å². The number of hydrogen-bond acceptors (Lipinski definition) is 2. The van der Waals surface area contributed by atoms with E-state index >= 15 is 0 Å². The highest BCUT2D eigenvalue weighted by Crippen LogP contribution is 2.15. The molecule has 15 heavy (non-hydrogen) atoms. The molecule has 1 fully saturated rings. The average Bonchev–Trinajstić information content (AvgIpc) is 2.18. The van der Waals surface area contributed by atoms with Crippen LogP contribution in [0.5, 0.6) is 0 Å². The zero-order chi connectivity index (χ0) is 11.1. The van der Waals surface area contributed by atoms with Crippen LogP contribution in [0.4, 0.5) is 0 Å². The number of nitrogens with one attached hydrogen (secondary N) is 1. The number of nitrogens with zero attached hydrogens (tertiary/aromatic N) is 1. The number of piperidine rings is 1. The van der Waals surface area contributed by atoms with E-state index in [0.717, 1.165) is 12.0 Å². The Morgan fingerprint density at radius 1 is 1.20 bits per heavy atom. The van der Waals surface area contributed by atoms with Crippen molar-refractivity contribution in [3.8, 4) is 0 Å². The molecule has 0 saturated carbocycles. The number of rotatable bonds is 6. The normalized spacial score (nSPS) is 27.2. The van der Waals surface area contributed by atoms with Crippen LogP contribution in [-0.4, -0.2) is 37.1 Å². The number of hydrogen-bond donors (Lipinski definition) is 1. The van der Waals surface area contributed by atoms with Gasteiger partial charge >= 0.3 is 0 Å². The third-order valence-electron chi connectivity index (χ3n) is 3.32. The third-order valence-corrected chi connectivity index (χ3v) is 3.32. The third kappa shape index (κ3) is 4.98. The van der Waals surface area contributed by atoms with E-state index in [1.165, 1.54) is 51.9 Å². The van der Waals surface area contributed by atoms with Gasteiger partial charge in [-0.1, -0.05) is 20.8 Å². The van der Waals surface area contributed by atoms with Gasteiger partial charge in [0.25, 0.3) is 0 Å². The van der Waals surface area contributed by atoms with Crippen molar-refractivity contribution in [1.82, 2.24) is 10.2 Å². The molecule has 0 amide bonds. The van der Waals surface area contributed by atoms with Crippen molar-refractivity contribution < 1.29 is 0 Å². The Kier molecular flexibility index (Phi) is 6.26. The van der Waals surface area contributed by atoms with Gasteiger partial charge in [0.2, 0.25) is 0 Å². The maximum absolute atomic E-state index is 3.66. The van der Waals surface area contributed by atoms with Gasteiger partial charge in [-0.05, 0) is 51.2 Å². The van der Waals surface area contributed by atoms with E-state index in [0.29, 0.717) is 0 Å². The second-order valence-electron chi connectivity index (χ2n) is 5.08. The molecule has 2 heteroatoms. The largest absolute Gasteiger partial charge is 0.313 e. The molecule has 1 rings (SSSR count). The molecule has 2 nitrogen and oxygen atoms in total. The molecule has 0 aliphatic carbocycles. The van der Waals surface area contributed by atoms with Crippen molar-refractivity contribution in [2.45, 2.75) is 52.5 Å². The standard InChI is InChI=1S/C13H28N2/c1-4-8-15(9-5-2)11-13-10-12(3)6-7-14-13/h12-14H,4-11H2,1-3H3. The van der Waals surface area contributed by atoms with Crippen LogP contribution in [0.3, 0.4) is 0 Å². The lowest BCUT2D eigenvalue weighted by molar-refractivity contribution is 0.206. The van der Waals surface area contributed by atoms with E-state index < -0.39 is 0 Å². The fourth-order valence-corrected chi connectivity index (χ4v) is 2.60. The zero-order valence-corrected chi connectivity index (χ0v) is 10.8. The fourth-order valence-electron chi connectivity index (χ4n) is 2.60. The summed E-state index contributed by atoms with van der Waals surface area (Å²) >= 11 is 0. The minimum atomic E-state index is 0.742. The second-order valence-corrected chi connectivity index (χ2v) is 5.08. The lowest BCUT2D eigenvalue weighted by Gasteiger charge is -2.32. The Hall–Kier alpha value is -0.0800. The molecule has 0 aromatic carbocycles. The molecule has 1 aliphatic heterocycles. The van der Waals surface area contributed by atoms with Crippen LogP contribution < -0.4 is 5.32 Å². The molecule has 1 aliphatic rings. The van der Waals surface area contributed by atoms with Crippen molar-refractivity contribution in [1.29, 1.82) is 0 Å². The molecule has 0 aromatic heterocycles. The maximum atomic E-state index is 3.66. The highest BCUT2D eigenvalue weighted by atomic mass is 15.1. The van der Waals surface area contributed by atoms with Crippen LogP contribution in [0.25, 0.3) is 0 Å². The average molecular weight is 212 g/mol. The van der Waals surface area contributed by atoms with E-state index in [9.17, 15) is 0 Å². The molecule has 1 N–H and O–H groups in total. The first-order chi connectivity index (χ1) is 7.26. The summed E-state index contributed by atoms with van der Waals surface area (Å²) in [7, 11) is 0. The van der Waals surface area contributed by atoms with E-state index in [1.54, 1.807) is 0 Å². The molecule has 0 spiro atoms. The molecule has 1 heterocycles. The van der Waals surface area contributed by atoms with Crippen molar-refractivity contribution >= 4 is 0 Å². The Morgan fingerprint density at radius 3 is 2.40 bits per heavy atom. The zero-order valence-electron chi connectivity index (χ0n) is 10.8. The van der Waals surface area contributed by atoms with Crippen molar-refractivity contribution in [2.24, 2.45) is 5.92 Å². The predicted octanol–water partition coefficient (Wildman–Crippen LogP) is 2.50. The van der Waals surface area contributed by atoms with E-state index in [2.05, 4.69) is 31.0 Å². The van der Waals surface area contributed by atoms with Gasteiger partial charge in [0.05, 0.1) is 0 Å². The van der Waals surface area contributed by atoms with Gasteiger partial charge in [-0.15, -0.1) is 0 Å². The van der Waals surface area contributed by atoms with Crippen LogP contribution in [0.1, 0.15) is 46.5 Å². The van der Waals surface area contributed by atoms with Crippen LogP contribution in [0.2, 0.25) is 0 Å². The SMILES string of the molecule is CCCN(CCC)CC1CC(C)CCN1. The minimum absolute atomic E-state index is 0.742. The summed E-state index contributed by atoms with van der Waals surface area (Å²) in [5.74, 6) is 0.918. The fraction of sp³-hybridized carbons (Fsp3) is 1.00. The first-order valence-electron chi connectivity index (χ1n) is 6.72. The Labute approximate surface area is 95.4 Å². The summed E-state index contributed by atoms with van der Waals surface area (Å²) in [5, 5.41) is 3.66. The predicted molar refractivity (Wildman–Crippen MR) is 67.2 cm³/mol. The lowest BCUT2D eigenvalue weighted by atomic mass is 9.94. The summed E-state index contributed by atoms with van der Waals surface area (Å²) < 4.78 is 0. The van der Waals surface area contributed by atoms with Crippen molar-refractivity contribution in [3.63, 3.8) is 0 Å². The molecule has 1 saturated heterocycles. The molecular weight excluding hydrogens is 184 g/mol. The highest BCUT2D eigenvalue weighted by molar-refractivity contribution is 4.79. The van der Waals surface area contributed by atoms with Crippen LogP contribution in [-0.2, 0) is 0 Å². The van der Waals surface area contributed by atoms with Crippen molar-refractivity contribution in [3.05, 3.63) is 0 Å². The molecule has 0 bridgehead atoms. The van der Waals surface area contributed by atoms with Crippen LogP contribution in [0, 0.1) is 5.92 Å². The maximum Gasteiger partial charge on any atom is 0.0197 e. The van der Waals surface area contributed by atoms with E-state index in [4.69, 9.17) is 0 Å². The van der Waals surface area contributed by atoms with Gasteiger partial charge in [0.1, 0.15) is 0 Å². The lowest BCUT2D eigenvalue weighted by Crippen LogP contribution is -2.45. The van der Waals surface area contributed by atoms with Crippen molar-refractivity contribution in [2.75, 3.05) is 26.2 Å². The Bertz CT molecular complexity index is 150. The Morgan fingerprint density at radius 2 is 1.87 bits per heavy atom. The van der Waals surface area contributed by atoms with Crippen LogP contribution in [0.15, 0.2) is 0 Å². The summed E-state index contributed by atoms with van der Waals surface area (Å²) in [4.78, 5) is 2.62. The Balaban J connectivity index is 2.28. The molecule has 0 aromatic rings. The summed E-state index contributed by atoms with van der Waals surface area (Å²) in [6, 6.07) is 0.742. The first-order valence-corrected chi connectivity index (χ1v) is 6.72. The van der Waals surface area contributed by atoms with Gasteiger partial charge in [-0.3, -0.25) is 0 Å². The van der Waals surface area contributed by atoms with Gasteiger partial charge in [0.15, 0.2) is 0 Å². The minimum Gasteiger partial charge on any atom is -0.313 e. The summed E-state index contributed by atoms with van der Waals surface area (Å²) in [6.07, 6.45) is 5.28. The molecule has 90 valence electrons. The highest BCUT2D eigenvalue weighted by Gasteiger charge is 2.19. The van der Waals surface area contributed by atoms with Crippen LogP contribution >= 0.6 is 0 Å². The van der Waals surface area contributed by atoms with Gasteiger partial charge < -0.3 is 10.2 Å². The summed E-state index contributed by atoms with van der Waals surface area (Å²) in [6.45, 7) is 11.9. The van der Waals surface area contributed by atoms with E-state index in [1.807, 2.05) is 0 Å². The summed E-state index contributed by atoms with van der Waals surface area (Å²) in [5.41, 5.74) is 0. The quantitative estimate of drug-likeness (QED) is 0.728. The molecular formula is C13H28N2. The first kappa shape index (κ1) is 13.0. The molecule has 0 radical (unpaired) electrons. The van der Waals surface area contributed by atoms with E-state index in [-0.39, 0.29) is 0 Å². The van der Waals surface area contributed by atoms with Gasteiger partial charge in [0, 0.05) is 12.6 Å². The monoisotopic (exact) mass is 212 g/mol. The molecule has 2 unspecified atom stereocenters. The smallest absolute Gasteiger partial charge is 0.0197 e. The second kappa shape index (κ2) is 7.24. The van der Waals surface area contributed by atoms with Gasteiger partial charge in [-0.25, -0.2) is 0 Å².